The van der Waals surface area contributed by atoms with E-state index in [1.807, 2.05) is 18.3 Å². The number of carbonyl (C=O) groups is 1. The number of aliphatic carboxylic acids is 1. The first-order chi connectivity index (χ1) is 11.0. The van der Waals surface area contributed by atoms with E-state index < -0.39 is 37.8 Å². The zero-order valence-corrected chi connectivity index (χ0v) is 13.5. The number of carboxylic acid groups (broad SMARTS) is 1. The summed E-state index contributed by atoms with van der Waals surface area (Å²) in [5.41, 5.74) is 0.0949. The molecule has 2 aromatic rings. The molecule has 0 amide bonds. The predicted molar refractivity (Wildman–Crippen MR) is 90.6 cm³/mol. The van der Waals surface area contributed by atoms with Gasteiger partial charge >= 0.3 is 5.97 Å². The highest BCUT2D eigenvalue weighted by atomic mass is 32.1. The molecule has 0 spiro atoms. The molecule has 6 N–H and O–H groups in total. The summed E-state index contributed by atoms with van der Waals surface area (Å²) in [5.74, 6) is -0.965. The summed E-state index contributed by atoms with van der Waals surface area (Å²) < 4.78 is 0. The lowest BCUT2D eigenvalue weighted by Gasteiger charge is -2.23. The maximum atomic E-state index is 9.29. The summed E-state index contributed by atoms with van der Waals surface area (Å²) in [5, 5.41) is 42.9. The number of aliphatic hydroxyl groups is 4. The Kier molecular flexibility index (Phi) is 11.1. The maximum absolute atomic E-state index is 9.29. The first-order valence-corrected chi connectivity index (χ1v) is 7.40. The quantitative estimate of drug-likeness (QED) is 0.385. The zero-order valence-electron chi connectivity index (χ0n) is 12.6. The van der Waals surface area contributed by atoms with E-state index in [1.54, 1.807) is 0 Å². The van der Waals surface area contributed by atoms with Crippen LogP contribution in [0.3, 0.4) is 0 Å². The molecular formula is C15H23NO6S. The highest BCUT2D eigenvalue weighted by molar-refractivity contribution is 7.81. The summed E-state index contributed by atoms with van der Waals surface area (Å²) in [6.07, 6.45) is 1.95. The van der Waals surface area contributed by atoms with Gasteiger partial charge in [0.25, 0.3) is 0 Å². The van der Waals surface area contributed by atoms with Crippen LogP contribution in [0.5, 0.6) is 0 Å². The number of rotatable bonds is 5. The Morgan fingerprint density at radius 2 is 1.48 bits per heavy atom. The molecule has 0 unspecified atom stereocenters. The van der Waals surface area contributed by atoms with Crippen LogP contribution in [0.25, 0.3) is 10.9 Å². The van der Waals surface area contributed by atoms with Gasteiger partial charge in [0, 0.05) is 11.7 Å². The first-order valence-electron chi connectivity index (χ1n) is 6.76. The molecule has 1 heterocycles. The lowest BCUT2D eigenvalue weighted by atomic mass is 9.93. The second kappa shape index (κ2) is 11.9. The van der Waals surface area contributed by atoms with Gasteiger partial charge in [-0.25, -0.2) is 0 Å². The number of hydrogen-bond acceptors (Lipinski definition) is 6. The Hall–Kier alpha value is -1.58. The summed E-state index contributed by atoms with van der Waals surface area (Å²) in [6.45, 7) is -1.62. The lowest BCUT2D eigenvalue weighted by molar-refractivity contribution is -0.133. The highest BCUT2D eigenvalue weighted by Crippen LogP contribution is 2.12. The molecule has 0 aliphatic rings. The van der Waals surface area contributed by atoms with E-state index in [0.717, 1.165) is 0 Å². The molecule has 130 valence electrons. The minimum absolute atomic E-state index is 0.0833. The van der Waals surface area contributed by atoms with Crippen LogP contribution < -0.4 is 0 Å². The summed E-state index contributed by atoms with van der Waals surface area (Å²) in [7, 11) is 0. The smallest absolute Gasteiger partial charge is 0.313 e. The van der Waals surface area contributed by atoms with Crippen molar-refractivity contribution < 1.29 is 30.3 Å². The molecule has 0 aliphatic carbocycles. The molecule has 0 saturated heterocycles. The average molecular weight is 345 g/mol. The van der Waals surface area contributed by atoms with Crippen LogP contribution in [-0.4, -0.2) is 68.7 Å². The molecule has 0 radical (unpaired) electrons. The maximum Gasteiger partial charge on any atom is 0.313 e. The fourth-order valence-corrected chi connectivity index (χ4v) is 1.30. The molecular weight excluding hydrogens is 322 g/mol. The Morgan fingerprint density at radius 3 is 1.83 bits per heavy atom. The molecule has 2 rings (SSSR count). The zero-order chi connectivity index (χ0) is 17.7. The Bertz CT molecular complexity index is 508. The number of aromatic amines is 1. The van der Waals surface area contributed by atoms with Crippen molar-refractivity contribution in [3.8, 4) is 0 Å². The van der Waals surface area contributed by atoms with Gasteiger partial charge in [-0.05, 0) is 17.5 Å². The second-order valence-corrected chi connectivity index (χ2v) is 5.07. The number of thiol groups is 1. The van der Waals surface area contributed by atoms with Crippen molar-refractivity contribution in [3.63, 3.8) is 0 Å². The van der Waals surface area contributed by atoms with Gasteiger partial charge in [0.2, 0.25) is 0 Å². The van der Waals surface area contributed by atoms with Crippen LogP contribution in [0.1, 0.15) is 0 Å². The number of aromatic nitrogens is 1. The van der Waals surface area contributed by atoms with Crippen LogP contribution in [0.4, 0.5) is 0 Å². The van der Waals surface area contributed by atoms with Crippen molar-refractivity contribution in [2.45, 2.75) is 0 Å². The average Bonchev–Trinajstić information content (AvgIpc) is 3.07. The van der Waals surface area contributed by atoms with Crippen molar-refractivity contribution in [2.24, 2.45) is 5.41 Å². The van der Waals surface area contributed by atoms with Gasteiger partial charge in [0.05, 0.1) is 37.6 Å². The fourth-order valence-electron chi connectivity index (χ4n) is 1.30. The molecule has 0 aliphatic heterocycles. The van der Waals surface area contributed by atoms with Crippen LogP contribution in [0, 0.1) is 5.41 Å². The number of carboxylic acids is 1. The van der Waals surface area contributed by atoms with Crippen molar-refractivity contribution in [1.82, 2.24) is 4.98 Å². The number of benzene rings is 1. The van der Waals surface area contributed by atoms with Crippen LogP contribution in [0.2, 0.25) is 0 Å². The SMILES string of the molecule is O=C(O)CS.OCC(CO)(CO)CO.c1ccc2[nH]ccc2c1. The highest BCUT2D eigenvalue weighted by Gasteiger charge is 2.26. The van der Waals surface area contributed by atoms with E-state index >= 15 is 0 Å². The summed E-state index contributed by atoms with van der Waals surface area (Å²) >= 11 is 3.42. The summed E-state index contributed by atoms with van der Waals surface area (Å²) in [4.78, 5) is 12.4. The standard InChI is InChI=1S/C8H7N.C5H12O4.C2H4O2S/c1-2-4-8-7(3-1)5-6-9-8;6-1-5(2-7,3-8)4-9;3-2(4)1-5/h1-6,9H;6-9H,1-4H2;5H,1H2,(H,3,4). The largest absolute Gasteiger partial charge is 0.481 e. The Labute approximate surface area is 139 Å². The molecule has 8 heteroatoms. The minimum Gasteiger partial charge on any atom is -0.481 e. The monoisotopic (exact) mass is 345 g/mol. The normalized spacial score (nSPS) is 10.3. The van der Waals surface area contributed by atoms with Gasteiger partial charge in [-0.1, -0.05) is 18.2 Å². The molecule has 0 atom stereocenters. The van der Waals surface area contributed by atoms with Gasteiger partial charge in [-0.3, -0.25) is 4.79 Å². The third-order valence-electron chi connectivity index (χ3n) is 2.94. The van der Waals surface area contributed by atoms with E-state index in [0.29, 0.717) is 0 Å². The first kappa shape index (κ1) is 21.4. The number of hydrogen-bond donors (Lipinski definition) is 7. The lowest BCUT2D eigenvalue weighted by Crippen LogP contribution is -2.37. The van der Waals surface area contributed by atoms with Gasteiger partial charge in [0.15, 0.2) is 0 Å². The predicted octanol–water partition coefficient (Wildman–Crippen LogP) is 0.111. The molecule has 23 heavy (non-hydrogen) atoms. The van der Waals surface area contributed by atoms with Crippen molar-refractivity contribution in [3.05, 3.63) is 36.5 Å². The number of aliphatic hydroxyl groups excluding tert-OH is 4. The third-order valence-corrected chi connectivity index (χ3v) is 3.21. The van der Waals surface area contributed by atoms with Crippen LogP contribution in [-0.2, 0) is 4.79 Å². The van der Waals surface area contributed by atoms with E-state index in [1.165, 1.54) is 10.9 Å². The van der Waals surface area contributed by atoms with Crippen molar-refractivity contribution >= 4 is 29.5 Å². The van der Waals surface area contributed by atoms with Crippen molar-refractivity contribution in [1.29, 1.82) is 0 Å². The van der Waals surface area contributed by atoms with Gasteiger partial charge in [0.1, 0.15) is 0 Å². The number of para-hydroxylation sites is 1. The molecule has 1 aromatic heterocycles. The summed E-state index contributed by atoms with van der Waals surface area (Å²) in [6, 6.07) is 10.3. The third kappa shape index (κ3) is 8.00. The fraction of sp³-hybridized carbons (Fsp3) is 0.400. The molecule has 0 bridgehead atoms. The van der Waals surface area contributed by atoms with Gasteiger partial charge < -0.3 is 30.5 Å². The van der Waals surface area contributed by atoms with Gasteiger partial charge in [-0.2, -0.15) is 12.6 Å². The number of H-pyrrole nitrogens is 1. The van der Waals surface area contributed by atoms with Crippen LogP contribution in [0.15, 0.2) is 36.5 Å². The van der Waals surface area contributed by atoms with E-state index in [2.05, 4.69) is 35.8 Å². The Morgan fingerprint density at radius 1 is 1.00 bits per heavy atom. The molecule has 7 nitrogen and oxygen atoms in total. The van der Waals surface area contributed by atoms with E-state index in [9.17, 15) is 4.79 Å². The molecule has 0 saturated carbocycles. The molecule has 0 fully saturated rings. The van der Waals surface area contributed by atoms with Crippen molar-refractivity contribution in [2.75, 3.05) is 32.2 Å². The second-order valence-electron chi connectivity index (χ2n) is 4.75. The topological polar surface area (TPSA) is 134 Å². The molecule has 1 aromatic carbocycles. The number of nitrogens with one attached hydrogen (secondary N) is 1. The van der Waals surface area contributed by atoms with E-state index in [-0.39, 0.29) is 5.75 Å². The van der Waals surface area contributed by atoms with Crippen LogP contribution >= 0.6 is 12.6 Å². The van der Waals surface area contributed by atoms with E-state index in [4.69, 9.17) is 25.5 Å². The van der Waals surface area contributed by atoms with Gasteiger partial charge in [-0.15, -0.1) is 0 Å². The Balaban J connectivity index is 0.000000332. The number of fused-ring (bicyclic) bond motifs is 1. The minimum atomic E-state index is -1.11.